The second-order valence-corrected chi connectivity index (χ2v) is 2.05. The molecule has 0 aliphatic rings. The van der Waals surface area contributed by atoms with E-state index >= 15 is 0 Å². The summed E-state index contributed by atoms with van der Waals surface area (Å²) in [5, 5.41) is 15.1. The lowest BCUT2D eigenvalue weighted by atomic mass is 10.2. The molecule has 1 aromatic heterocycles. The highest BCUT2D eigenvalue weighted by atomic mass is 16.6. The van der Waals surface area contributed by atoms with E-state index in [1.807, 2.05) is 0 Å². The number of allylic oxidation sites excluding steroid dienone is 1. The van der Waals surface area contributed by atoms with Crippen LogP contribution < -0.4 is 0 Å². The number of hydrogen-bond donors (Lipinski definition) is 1. The summed E-state index contributed by atoms with van der Waals surface area (Å²) in [5.41, 5.74) is 0.513. The first kappa shape index (κ1) is 7.46. The van der Waals surface area contributed by atoms with Gasteiger partial charge >= 0.3 is 5.97 Å². The Morgan fingerprint density at radius 2 is 2.09 bits per heavy atom. The van der Waals surface area contributed by atoms with Gasteiger partial charge in [-0.15, -0.1) is 0 Å². The van der Waals surface area contributed by atoms with Crippen molar-refractivity contribution in [3.05, 3.63) is 18.0 Å². The minimum Gasteiger partial charge on any atom is -0.476 e. The molecular formula is C6H6N2O3. The van der Waals surface area contributed by atoms with Crippen molar-refractivity contribution in [3.8, 4) is 0 Å². The summed E-state index contributed by atoms with van der Waals surface area (Å²) in [4.78, 5) is 10.4. The Balaban J connectivity index is 3.16. The maximum atomic E-state index is 10.4. The Labute approximate surface area is 62.3 Å². The minimum absolute atomic E-state index is 0.192. The van der Waals surface area contributed by atoms with E-state index in [9.17, 15) is 4.79 Å². The number of rotatable bonds is 2. The average Bonchev–Trinajstić information content (AvgIpc) is 2.32. The first-order chi connectivity index (χ1) is 5.13. The van der Waals surface area contributed by atoms with Crippen LogP contribution >= 0.6 is 0 Å². The van der Waals surface area contributed by atoms with Crippen LogP contribution in [0.3, 0.4) is 0 Å². The van der Waals surface area contributed by atoms with Crippen molar-refractivity contribution in [2.75, 3.05) is 0 Å². The molecule has 1 heterocycles. The molecule has 0 fully saturated rings. The van der Waals surface area contributed by atoms with Gasteiger partial charge in [0.25, 0.3) is 0 Å². The lowest BCUT2D eigenvalue weighted by Gasteiger charge is -1.89. The van der Waals surface area contributed by atoms with Gasteiger partial charge in [-0.3, -0.25) is 0 Å². The quantitative estimate of drug-likeness (QED) is 0.681. The molecule has 0 spiro atoms. The number of hydrogen-bond acceptors (Lipinski definition) is 4. The Morgan fingerprint density at radius 3 is 2.45 bits per heavy atom. The van der Waals surface area contributed by atoms with E-state index < -0.39 is 5.97 Å². The van der Waals surface area contributed by atoms with Crippen LogP contribution in [0, 0.1) is 0 Å². The molecule has 0 aliphatic heterocycles. The smallest absolute Gasteiger partial charge is 0.360 e. The van der Waals surface area contributed by atoms with Crippen molar-refractivity contribution in [1.29, 1.82) is 0 Å². The van der Waals surface area contributed by atoms with Gasteiger partial charge in [0.15, 0.2) is 0 Å². The van der Waals surface area contributed by atoms with Gasteiger partial charge in [-0.25, -0.2) is 9.42 Å². The van der Waals surface area contributed by atoms with Crippen molar-refractivity contribution in [2.45, 2.75) is 6.92 Å². The van der Waals surface area contributed by atoms with Gasteiger partial charge in [-0.1, -0.05) is 6.58 Å². The van der Waals surface area contributed by atoms with Crippen molar-refractivity contribution in [3.63, 3.8) is 0 Å². The predicted octanol–water partition coefficient (Wildman–Crippen LogP) is 0.801. The molecule has 0 amide bonds. The predicted molar refractivity (Wildman–Crippen MR) is 36.0 cm³/mol. The third-order valence-electron chi connectivity index (χ3n) is 1.10. The zero-order valence-electron chi connectivity index (χ0n) is 5.87. The molecule has 1 aromatic rings. The third kappa shape index (κ3) is 1.26. The summed E-state index contributed by atoms with van der Waals surface area (Å²) >= 11 is 0. The zero-order valence-corrected chi connectivity index (χ0v) is 5.87. The van der Waals surface area contributed by atoms with E-state index in [1.54, 1.807) is 6.92 Å². The fraction of sp³-hybridized carbons (Fsp3) is 0.167. The number of carboxylic acid groups (broad SMARTS) is 1. The summed E-state index contributed by atoms with van der Waals surface area (Å²) < 4.78 is 4.23. The highest BCUT2D eigenvalue weighted by Crippen LogP contribution is 2.11. The van der Waals surface area contributed by atoms with Crippen molar-refractivity contribution in [2.24, 2.45) is 0 Å². The molecule has 11 heavy (non-hydrogen) atoms. The third-order valence-corrected chi connectivity index (χ3v) is 1.10. The van der Waals surface area contributed by atoms with E-state index in [-0.39, 0.29) is 11.4 Å². The molecule has 58 valence electrons. The normalized spacial score (nSPS) is 9.55. The number of carbonyl (C=O) groups is 1. The Kier molecular flexibility index (Phi) is 1.72. The van der Waals surface area contributed by atoms with Crippen LogP contribution in [0.2, 0.25) is 0 Å². The topological polar surface area (TPSA) is 76.2 Å². The molecule has 0 saturated carbocycles. The summed E-state index contributed by atoms with van der Waals surface area (Å²) in [7, 11) is 0. The van der Waals surface area contributed by atoms with Crippen LogP contribution in [-0.2, 0) is 0 Å². The van der Waals surface area contributed by atoms with Crippen LogP contribution in [0.15, 0.2) is 11.2 Å². The number of nitrogens with zero attached hydrogens (tertiary/aromatic N) is 2. The Morgan fingerprint density at radius 1 is 1.55 bits per heavy atom. The maximum Gasteiger partial charge on any atom is 0.360 e. The van der Waals surface area contributed by atoms with E-state index in [0.717, 1.165) is 0 Å². The highest BCUT2D eigenvalue weighted by Gasteiger charge is 2.16. The summed E-state index contributed by atoms with van der Waals surface area (Å²) in [6.07, 6.45) is 0. The molecule has 0 unspecified atom stereocenters. The van der Waals surface area contributed by atoms with Gasteiger partial charge in [0.1, 0.15) is 5.69 Å². The van der Waals surface area contributed by atoms with Gasteiger partial charge < -0.3 is 5.11 Å². The highest BCUT2D eigenvalue weighted by molar-refractivity contribution is 5.90. The van der Waals surface area contributed by atoms with Gasteiger partial charge in [-0.2, -0.15) is 0 Å². The van der Waals surface area contributed by atoms with Crippen molar-refractivity contribution < 1.29 is 14.5 Å². The fourth-order valence-corrected chi connectivity index (χ4v) is 0.609. The number of aromatic carboxylic acids is 1. The molecule has 0 aromatic carbocycles. The van der Waals surface area contributed by atoms with Gasteiger partial charge in [0.2, 0.25) is 5.69 Å². The lowest BCUT2D eigenvalue weighted by molar-refractivity contribution is 0.0684. The standard InChI is InChI=1S/C6H6N2O3/c1-3(2)4-5(6(9)10)8-11-7-4/h1H2,2H3,(H,9,10). The van der Waals surface area contributed by atoms with Crippen LogP contribution in [-0.4, -0.2) is 21.4 Å². The summed E-state index contributed by atoms with van der Waals surface area (Å²) in [6.45, 7) is 5.15. The van der Waals surface area contributed by atoms with Crippen LogP contribution in [0.4, 0.5) is 0 Å². The summed E-state index contributed by atoms with van der Waals surface area (Å²) in [6, 6.07) is 0. The molecule has 5 heteroatoms. The second kappa shape index (κ2) is 2.53. The maximum absolute atomic E-state index is 10.4. The summed E-state index contributed by atoms with van der Waals surface area (Å²) in [5.74, 6) is -1.16. The Hall–Kier alpha value is -1.65. The van der Waals surface area contributed by atoms with Gasteiger partial charge in [0, 0.05) is 0 Å². The van der Waals surface area contributed by atoms with Crippen molar-refractivity contribution >= 4 is 11.5 Å². The molecule has 0 bridgehead atoms. The number of aromatic nitrogens is 2. The first-order valence-corrected chi connectivity index (χ1v) is 2.84. The lowest BCUT2D eigenvalue weighted by Crippen LogP contribution is -2.00. The monoisotopic (exact) mass is 154 g/mol. The Bertz CT molecular complexity index is 274. The van der Waals surface area contributed by atoms with Gasteiger partial charge in [0.05, 0.1) is 0 Å². The van der Waals surface area contributed by atoms with E-state index in [2.05, 4.69) is 21.5 Å². The second-order valence-electron chi connectivity index (χ2n) is 2.05. The molecular weight excluding hydrogens is 148 g/mol. The van der Waals surface area contributed by atoms with Crippen LogP contribution in [0.5, 0.6) is 0 Å². The van der Waals surface area contributed by atoms with Crippen LogP contribution in [0.1, 0.15) is 23.1 Å². The number of carboxylic acids is 1. The SMILES string of the molecule is C=C(C)c1nonc1C(=O)O. The fourth-order valence-electron chi connectivity index (χ4n) is 0.609. The van der Waals surface area contributed by atoms with E-state index in [0.29, 0.717) is 5.57 Å². The molecule has 1 rings (SSSR count). The molecule has 0 saturated heterocycles. The largest absolute Gasteiger partial charge is 0.476 e. The molecule has 0 aliphatic carbocycles. The first-order valence-electron chi connectivity index (χ1n) is 2.84. The van der Waals surface area contributed by atoms with Crippen LogP contribution in [0.25, 0.3) is 5.57 Å². The van der Waals surface area contributed by atoms with E-state index in [4.69, 9.17) is 5.11 Å². The van der Waals surface area contributed by atoms with Crippen molar-refractivity contribution in [1.82, 2.24) is 10.3 Å². The van der Waals surface area contributed by atoms with E-state index in [1.165, 1.54) is 0 Å². The molecule has 0 atom stereocenters. The zero-order chi connectivity index (χ0) is 8.43. The van der Waals surface area contributed by atoms with Gasteiger partial charge in [-0.05, 0) is 22.8 Å². The molecule has 5 nitrogen and oxygen atoms in total. The molecule has 1 N–H and O–H groups in total. The molecule has 0 radical (unpaired) electrons. The average molecular weight is 154 g/mol. The minimum atomic E-state index is -1.16.